The van der Waals surface area contributed by atoms with E-state index in [1.165, 1.54) is 10.7 Å². The van der Waals surface area contributed by atoms with E-state index in [-0.39, 0.29) is 11.4 Å². The van der Waals surface area contributed by atoms with Gasteiger partial charge in [0.1, 0.15) is 0 Å². The van der Waals surface area contributed by atoms with E-state index in [0.29, 0.717) is 42.8 Å². The Hall–Kier alpha value is -3.18. The van der Waals surface area contributed by atoms with Crippen molar-refractivity contribution in [3.8, 4) is 11.3 Å². The van der Waals surface area contributed by atoms with Gasteiger partial charge in [0.25, 0.3) is 0 Å². The number of anilines is 2. The lowest BCUT2D eigenvalue weighted by atomic mass is 10.1. The molecule has 0 aliphatic carbocycles. The summed E-state index contributed by atoms with van der Waals surface area (Å²) in [5.74, 6) is 5.44. The molecule has 1 aliphatic heterocycles. The first-order valence-electron chi connectivity index (χ1n) is 10.2. The van der Waals surface area contributed by atoms with Crippen LogP contribution in [0.4, 0.5) is 24.5 Å². The predicted molar refractivity (Wildman–Crippen MR) is 122 cm³/mol. The van der Waals surface area contributed by atoms with Gasteiger partial charge in [0.15, 0.2) is 5.16 Å². The Kier molecular flexibility index (Phi) is 6.80. The molecule has 0 spiro atoms. The van der Waals surface area contributed by atoms with E-state index in [1.807, 2.05) is 35.2 Å². The summed E-state index contributed by atoms with van der Waals surface area (Å²) in [6, 6.07) is 12.8. The number of nitrogens with zero attached hydrogens (tertiary/aromatic N) is 3. The molecule has 33 heavy (non-hydrogen) atoms. The number of thioether (sulfide) groups is 1. The second kappa shape index (κ2) is 9.75. The molecule has 3 aromatic rings. The fourth-order valence-corrected chi connectivity index (χ4v) is 4.14. The van der Waals surface area contributed by atoms with E-state index in [4.69, 9.17) is 10.6 Å². The summed E-state index contributed by atoms with van der Waals surface area (Å²) in [5.41, 5.74) is 1.35. The number of nitrogens with two attached hydrogens (primary N) is 1. The van der Waals surface area contributed by atoms with Gasteiger partial charge in [0.2, 0.25) is 5.91 Å². The number of amides is 1. The van der Waals surface area contributed by atoms with E-state index in [2.05, 4.69) is 10.3 Å². The largest absolute Gasteiger partial charge is 0.416 e. The normalized spacial score (nSPS) is 14.3. The van der Waals surface area contributed by atoms with Crippen molar-refractivity contribution in [3.63, 3.8) is 0 Å². The number of alkyl halides is 3. The summed E-state index contributed by atoms with van der Waals surface area (Å²) in [5, 5.41) is 3.05. The maximum absolute atomic E-state index is 13.3. The highest BCUT2D eigenvalue weighted by molar-refractivity contribution is 7.99. The summed E-state index contributed by atoms with van der Waals surface area (Å²) >= 11 is 1.10. The number of carbonyl (C=O) groups excluding carboxylic acids is 1. The first kappa shape index (κ1) is 23.0. The maximum atomic E-state index is 13.3. The van der Waals surface area contributed by atoms with E-state index in [1.54, 1.807) is 6.20 Å². The molecule has 11 heteroatoms. The minimum atomic E-state index is -4.52. The zero-order valence-corrected chi connectivity index (χ0v) is 18.3. The monoisotopic (exact) mass is 477 g/mol. The molecule has 2 heterocycles. The lowest BCUT2D eigenvalue weighted by Gasteiger charge is -2.31. The number of nitrogen functional groups attached to an aromatic ring is 1. The van der Waals surface area contributed by atoms with Gasteiger partial charge in [-0.15, -0.1) is 0 Å². The minimum absolute atomic E-state index is 0.0682. The van der Waals surface area contributed by atoms with Crippen LogP contribution >= 0.6 is 11.8 Å². The number of morpholine rings is 1. The van der Waals surface area contributed by atoms with Crippen molar-refractivity contribution in [3.05, 3.63) is 60.3 Å². The smallest absolute Gasteiger partial charge is 0.378 e. The number of halogens is 3. The maximum Gasteiger partial charge on any atom is 0.416 e. The van der Waals surface area contributed by atoms with Crippen LogP contribution in [-0.2, 0) is 15.7 Å². The average Bonchev–Trinajstić information content (AvgIpc) is 3.19. The van der Waals surface area contributed by atoms with Crippen LogP contribution in [0, 0.1) is 0 Å². The number of imidazole rings is 1. The molecule has 1 amide bonds. The minimum Gasteiger partial charge on any atom is -0.378 e. The fraction of sp³-hybridized carbons (Fsp3) is 0.273. The number of benzene rings is 2. The molecule has 1 fully saturated rings. The second-order valence-corrected chi connectivity index (χ2v) is 8.29. The van der Waals surface area contributed by atoms with Crippen LogP contribution in [0.1, 0.15) is 5.56 Å². The molecule has 3 N–H and O–H groups in total. The Balaban J connectivity index is 1.48. The van der Waals surface area contributed by atoms with Crippen molar-refractivity contribution in [2.75, 3.05) is 48.1 Å². The van der Waals surface area contributed by atoms with Gasteiger partial charge in [-0.3, -0.25) is 4.79 Å². The van der Waals surface area contributed by atoms with E-state index < -0.39 is 17.6 Å². The topological polar surface area (TPSA) is 85.4 Å². The zero-order valence-electron chi connectivity index (χ0n) is 17.5. The zero-order chi connectivity index (χ0) is 23.4. The van der Waals surface area contributed by atoms with Crippen LogP contribution in [0.15, 0.2) is 59.9 Å². The summed E-state index contributed by atoms with van der Waals surface area (Å²) in [6.07, 6.45) is -2.87. The van der Waals surface area contributed by atoms with Crippen molar-refractivity contribution < 1.29 is 22.7 Å². The summed E-state index contributed by atoms with van der Waals surface area (Å²) in [7, 11) is 0. The highest BCUT2D eigenvalue weighted by Crippen LogP contribution is 2.36. The Bertz CT molecular complexity index is 1110. The quantitative estimate of drug-likeness (QED) is 0.415. The fourth-order valence-electron chi connectivity index (χ4n) is 3.44. The molecule has 1 aliphatic rings. The molecule has 1 saturated heterocycles. The number of hydrogen-bond acceptors (Lipinski definition) is 6. The number of rotatable bonds is 6. The third-order valence-corrected chi connectivity index (χ3v) is 6.02. The molecule has 0 atom stereocenters. The molecule has 2 aromatic carbocycles. The second-order valence-electron chi connectivity index (χ2n) is 7.35. The van der Waals surface area contributed by atoms with E-state index in [9.17, 15) is 18.0 Å². The summed E-state index contributed by atoms with van der Waals surface area (Å²) < 4.78 is 46.4. The van der Waals surface area contributed by atoms with Crippen molar-refractivity contribution in [2.24, 2.45) is 0 Å². The molecule has 0 saturated carbocycles. The third kappa shape index (κ3) is 5.60. The van der Waals surface area contributed by atoms with Gasteiger partial charge in [-0.25, -0.2) is 9.66 Å². The van der Waals surface area contributed by atoms with Crippen LogP contribution in [0.2, 0.25) is 0 Å². The van der Waals surface area contributed by atoms with E-state index in [0.717, 1.165) is 29.5 Å². The molecule has 0 bridgehead atoms. The van der Waals surface area contributed by atoms with E-state index >= 15 is 0 Å². The Morgan fingerprint density at radius 3 is 2.58 bits per heavy atom. The number of nitrogens with one attached hydrogen (secondary N) is 1. The number of hydrogen-bond donors (Lipinski definition) is 2. The molecular formula is C22H22F3N5O2S. The summed E-state index contributed by atoms with van der Waals surface area (Å²) in [4.78, 5) is 19.0. The molecule has 7 nitrogen and oxygen atoms in total. The first-order valence-corrected chi connectivity index (χ1v) is 11.2. The van der Waals surface area contributed by atoms with Gasteiger partial charge in [-0.2, -0.15) is 13.2 Å². The van der Waals surface area contributed by atoms with Crippen LogP contribution in [-0.4, -0.2) is 47.6 Å². The first-order chi connectivity index (χ1) is 15.8. The van der Waals surface area contributed by atoms with Gasteiger partial charge >= 0.3 is 6.18 Å². The standard InChI is InChI=1S/C22H22F3N5O2S/c23-22(24,25)16-6-7-19(29-8-10-32-11-9-29)17(12-16)27-20(31)14-33-21-28-18(13-30(21)26)15-4-2-1-3-5-15/h1-7,12-13H,8-11,14,26H2,(H,27,31). The van der Waals surface area contributed by atoms with Gasteiger partial charge < -0.3 is 20.8 Å². The Labute approximate surface area is 192 Å². The average molecular weight is 478 g/mol. The van der Waals surface area contributed by atoms with Crippen molar-refractivity contribution in [2.45, 2.75) is 11.3 Å². The number of carbonyl (C=O) groups is 1. The molecule has 0 radical (unpaired) electrons. The van der Waals surface area contributed by atoms with Gasteiger partial charge in [-0.05, 0) is 18.2 Å². The highest BCUT2D eigenvalue weighted by Gasteiger charge is 2.32. The predicted octanol–water partition coefficient (Wildman–Crippen LogP) is 3.85. The van der Waals surface area contributed by atoms with Crippen molar-refractivity contribution in [1.82, 2.24) is 9.66 Å². The van der Waals surface area contributed by atoms with Gasteiger partial charge in [0, 0.05) is 18.7 Å². The van der Waals surface area contributed by atoms with Crippen LogP contribution in [0.3, 0.4) is 0 Å². The number of aromatic nitrogens is 2. The summed E-state index contributed by atoms with van der Waals surface area (Å²) in [6.45, 7) is 1.98. The van der Waals surface area contributed by atoms with Crippen molar-refractivity contribution in [1.29, 1.82) is 0 Å². The Morgan fingerprint density at radius 2 is 1.88 bits per heavy atom. The van der Waals surface area contributed by atoms with Crippen molar-refractivity contribution >= 4 is 29.0 Å². The lowest BCUT2D eigenvalue weighted by molar-refractivity contribution is -0.137. The van der Waals surface area contributed by atoms with Gasteiger partial charge in [-0.1, -0.05) is 42.1 Å². The molecule has 174 valence electrons. The molecule has 1 aromatic heterocycles. The molecular weight excluding hydrogens is 455 g/mol. The van der Waals surface area contributed by atoms with Crippen LogP contribution in [0.5, 0.6) is 0 Å². The van der Waals surface area contributed by atoms with Gasteiger partial charge in [0.05, 0.1) is 47.8 Å². The number of ether oxygens (including phenoxy) is 1. The van der Waals surface area contributed by atoms with Crippen LogP contribution < -0.4 is 16.1 Å². The highest BCUT2D eigenvalue weighted by atomic mass is 32.2. The lowest BCUT2D eigenvalue weighted by Crippen LogP contribution is -2.37. The van der Waals surface area contributed by atoms with Crippen LogP contribution in [0.25, 0.3) is 11.3 Å². The SMILES string of the molecule is Nn1cc(-c2ccccc2)nc1SCC(=O)Nc1cc(C(F)(F)F)ccc1N1CCOCC1. The third-order valence-electron chi connectivity index (χ3n) is 5.05. The Morgan fingerprint density at radius 1 is 1.15 bits per heavy atom. The molecule has 0 unspecified atom stereocenters. The molecule has 4 rings (SSSR count).